The van der Waals surface area contributed by atoms with Gasteiger partial charge in [-0.3, -0.25) is 47.0 Å². The van der Waals surface area contributed by atoms with Gasteiger partial charge in [0, 0.05) is 0 Å². The molecule has 0 fully saturated rings. The van der Waals surface area contributed by atoms with Crippen LogP contribution in [0.5, 0.6) is 0 Å². The second-order valence-electron chi connectivity index (χ2n) is 8.59. The highest BCUT2D eigenvalue weighted by Gasteiger charge is 2.32. The topological polar surface area (TPSA) is 418 Å². The molecule has 3 atom stereocenters. The van der Waals surface area contributed by atoms with E-state index in [4.69, 9.17) is 23.9 Å². The summed E-state index contributed by atoms with van der Waals surface area (Å²) in [6.07, 6.45) is -3.36. The maximum absolute atomic E-state index is 13.0. The number of nitrogens with one attached hydrogen (secondary N) is 6. The lowest BCUT2D eigenvalue weighted by Crippen LogP contribution is -2.58. The zero-order valence-electron chi connectivity index (χ0n) is 22.4. The number of carbonyl (C=O) groups is 6. The maximum Gasteiger partial charge on any atom is 0.283 e. The van der Waals surface area contributed by atoms with E-state index in [0.717, 1.165) is 0 Å². The first kappa shape index (κ1) is 41.4. The number of hydrogen-bond donors (Lipinski definition) is 11. The van der Waals surface area contributed by atoms with Gasteiger partial charge in [0.15, 0.2) is 0 Å². The average Bonchev–Trinajstić information content (AvgIpc) is 2.85. The van der Waals surface area contributed by atoms with E-state index < -0.39 is 137 Å². The van der Waals surface area contributed by atoms with Crippen molar-refractivity contribution in [2.24, 2.45) is 5.73 Å². The molecule has 0 aliphatic heterocycles. The van der Waals surface area contributed by atoms with Crippen LogP contribution in [0.25, 0.3) is 0 Å². The molecule has 260 valence electrons. The van der Waals surface area contributed by atoms with Crippen molar-refractivity contribution in [2.45, 2.75) is 37.4 Å². The summed E-state index contributed by atoms with van der Waals surface area (Å²) in [5, 5.41) is 10.2. The molecule has 0 rings (SSSR count). The third-order valence-corrected chi connectivity index (χ3v) is 6.61. The van der Waals surface area contributed by atoms with Gasteiger partial charge in [0.05, 0.1) is 25.3 Å². The molecule has 12 N–H and O–H groups in total. The molecule has 0 aromatic carbocycles. The average molecular weight is 736 g/mol. The Kier molecular flexibility index (Phi) is 15.8. The van der Waals surface area contributed by atoms with Crippen molar-refractivity contribution in [1.82, 2.24) is 31.9 Å². The molecular formula is C16H29N7O18S4. The highest BCUT2D eigenvalue weighted by molar-refractivity contribution is 7.86. The first-order valence-corrected chi connectivity index (χ1v) is 17.9. The fraction of sp³-hybridized carbons (Fsp3) is 0.625. The van der Waals surface area contributed by atoms with Crippen molar-refractivity contribution in [2.75, 3.05) is 23.5 Å². The van der Waals surface area contributed by atoms with E-state index in [1.54, 1.807) is 26.6 Å². The summed E-state index contributed by atoms with van der Waals surface area (Å²) in [6, 6.07) is -6.19. The second kappa shape index (κ2) is 17.2. The van der Waals surface area contributed by atoms with E-state index in [2.05, 4.69) is 0 Å². The van der Waals surface area contributed by atoms with E-state index in [-0.39, 0.29) is 0 Å². The SMILES string of the molecule is NC(CC(=O)NCS(=O)(=O)O)C(=O)NC(CC(=O)NCS(=O)(=O)O)C(=O)NC(CC(=O)NCS(=O)(=O)O)C(=O)NCS(=O)(=O)O. The summed E-state index contributed by atoms with van der Waals surface area (Å²) in [5.74, 6) is -13.9. The number of hydrogen-bond acceptors (Lipinski definition) is 15. The van der Waals surface area contributed by atoms with Crippen molar-refractivity contribution in [3.63, 3.8) is 0 Å². The molecule has 0 bridgehead atoms. The molecular weight excluding hydrogens is 706 g/mol. The van der Waals surface area contributed by atoms with Gasteiger partial charge < -0.3 is 37.6 Å². The normalized spacial score (nSPS) is 14.2. The highest BCUT2D eigenvalue weighted by atomic mass is 32.2. The molecule has 0 radical (unpaired) electrons. The molecule has 45 heavy (non-hydrogen) atoms. The zero-order chi connectivity index (χ0) is 35.4. The standard InChI is InChI=1S/C16H29N7O18S4/c17-8(1-11(24)18-4-42(30,31)32)14(27)22-10(3-13(26)20-6-44(36,37)38)16(29)23-9(15(28)21-7-45(39,40)41)2-12(25)19-5-43(33,34)35/h8-10H,1-7,17H2,(H,18,24)(H,19,25)(H,20,26)(H,21,28)(H,22,27)(H,23,29)(H,30,31,32)(H,33,34,35)(H,36,37,38)(H,39,40,41). The monoisotopic (exact) mass is 735 g/mol. The number of nitrogens with two attached hydrogens (primary N) is 1. The van der Waals surface area contributed by atoms with Crippen molar-refractivity contribution in [3.05, 3.63) is 0 Å². The van der Waals surface area contributed by atoms with Gasteiger partial charge >= 0.3 is 0 Å². The lowest BCUT2D eigenvalue weighted by Gasteiger charge is -2.23. The van der Waals surface area contributed by atoms with Crippen LogP contribution in [0, 0.1) is 0 Å². The van der Waals surface area contributed by atoms with Crippen LogP contribution in [0.3, 0.4) is 0 Å². The molecule has 29 heteroatoms. The quantitative estimate of drug-likeness (QED) is 0.0549. The molecule has 0 heterocycles. The minimum absolute atomic E-state index is 0.973. The molecule has 0 aromatic rings. The van der Waals surface area contributed by atoms with Gasteiger partial charge in [0.25, 0.3) is 40.5 Å². The molecule has 0 saturated carbocycles. The van der Waals surface area contributed by atoms with Crippen molar-refractivity contribution in [3.8, 4) is 0 Å². The fourth-order valence-electron chi connectivity index (χ4n) is 2.65. The largest absolute Gasteiger partial charge is 0.342 e. The predicted octanol–water partition coefficient (Wildman–Crippen LogP) is -7.70. The third kappa shape index (κ3) is 21.7. The summed E-state index contributed by atoms with van der Waals surface area (Å²) in [6.45, 7) is 0. The van der Waals surface area contributed by atoms with E-state index in [9.17, 15) is 62.4 Å². The van der Waals surface area contributed by atoms with Crippen LogP contribution in [0.15, 0.2) is 0 Å². The number of rotatable bonds is 19. The van der Waals surface area contributed by atoms with Gasteiger partial charge in [-0.05, 0) is 0 Å². The molecule has 0 aliphatic rings. The van der Waals surface area contributed by atoms with E-state index in [1.807, 2.05) is 5.32 Å². The summed E-state index contributed by atoms with van der Waals surface area (Å²) < 4.78 is 122. The number of amides is 6. The lowest BCUT2D eigenvalue weighted by atomic mass is 10.1. The van der Waals surface area contributed by atoms with Crippen LogP contribution in [0.1, 0.15) is 19.3 Å². The van der Waals surface area contributed by atoms with Gasteiger partial charge in [-0.25, -0.2) is 0 Å². The minimum atomic E-state index is -4.87. The Morgan fingerprint density at radius 1 is 0.467 bits per heavy atom. The Balaban J connectivity index is 6.05. The summed E-state index contributed by atoms with van der Waals surface area (Å²) in [4.78, 5) is 74.1. The maximum atomic E-state index is 13.0. The van der Waals surface area contributed by atoms with Crippen LogP contribution in [0.2, 0.25) is 0 Å². The summed E-state index contributed by atoms with van der Waals surface area (Å²) >= 11 is 0. The lowest BCUT2D eigenvalue weighted by molar-refractivity contribution is -0.135. The van der Waals surface area contributed by atoms with Crippen LogP contribution in [0.4, 0.5) is 0 Å². The Labute approximate surface area is 254 Å². The number of carbonyl (C=O) groups excluding carboxylic acids is 6. The molecule has 0 aromatic heterocycles. The van der Waals surface area contributed by atoms with Crippen molar-refractivity contribution < 1.29 is 80.6 Å². The van der Waals surface area contributed by atoms with Crippen LogP contribution < -0.4 is 37.6 Å². The Hall–Kier alpha value is -3.58. The molecule has 6 amide bonds. The zero-order valence-corrected chi connectivity index (χ0v) is 25.7. The Morgan fingerprint density at radius 2 is 0.756 bits per heavy atom. The van der Waals surface area contributed by atoms with E-state index in [1.165, 1.54) is 0 Å². The first-order chi connectivity index (χ1) is 20.2. The first-order valence-electron chi connectivity index (χ1n) is 11.4. The van der Waals surface area contributed by atoms with Crippen molar-refractivity contribution >= 4 is 75.9 Å². The van der Waals surface area contributed by atoms with Crippen LogP contribution >= 0.6 is 0 Å². The van der Waals surface area contributed by atoms with Crippen LogP contribution in [-0.2, 0) is 69.2 Å². The van der Waals surface area contributed by atoms with E-state index in [0.29, 0.717) is 0 Å². The van der Waals surface area contributed by atoms with Crippen molar-refractivity contribution in [1.29, 1.82) is 0 Å². The van der Waals surface area contributed by atoms with Gasteiger partial charge in [0.2, 0.25) is 35.4 Å². The van der Waals surface area contributed by atoms with Gasteiger partial charge in [-0.1, -0.05) is 0 Å². The van der Waals surface area contributed by atoms with Gasteiger partial charge in [-0.2, -0.15) is 33.7 Å². The third-order valence-electron chi connectivity index (χ3n) is 4.57. The smallest absolute Gasteiger partial charge is 0.283 e. The second-order valence-corrected chi connectivity index (χ2v) is 14.4. The highest BCUT2D eigenvalue weighted by Crippen LogP contribution is 2.02. The molecule has 3 unspecified atom stereocenters. The van der Waals surface area contributed by atoms with Gasteiger partial charge in [0.1, 0.15) is 35.6 Å². The predicted molar refractivity (Wildman–Crippen MR) is 144 cm³/mol. The minimum Gasteiger partial charge on any atom is -0.342 e. The summed E-state index contributed by atoms with van der Waals surface area (Å²) in [5.41, 5.74) is 5.52. The Morgan fingerprint density at radius 3 is 1.11 bits per heavy atom. The molecule has 25 nitrogen and oxygen atoms in total. The van der Waals surface area contributed by atoms with Crippen LogP contribution in [-0.4, -0.2) is 129 Å². The van der Waals surface area contributed by atoms with E-state index >= 15 is 0 Å². The Bertz CT molecular complexity index is 1580. The fourth-order valence-corrected chi connectivity index (χ4v) is 4.00. The summed E-state index contributed by atoms with van der Waals surface area (Å²) in [7, 11) is -19.1. The van der Waals surface area contributed by atoms with Gasteiger partial charge in [-0.15, -0.1) is 0 Å². The molecule has 0 spiro atoms. The molecule has 0 aliphatic carbocycles. The molecule has 0 saturated heterocycles.